The van der Waals surface area contributed by atoms with E-state index in [2.05, 4.69) is 0 Å². The molecule has 22 heavy (non-hydrogen) atoms. The van der Waals surface area contributed by atoms with Crippen LogP contribution in [0.2, 0.25) is 0 Å². The zero-order valence-electron chi connectivity index (χ0n) is 12.2. The standard InChI is InChI=1S/C18H17FO3/c1-18-14(8-15(20)17(18)22)11-5-3-9-2-4-10(19)6-12(9)13(11)7-16(18)21/h2,4,6-8,11,14,16,20-21H,3,5H2,1H3/t11-,14-,16+,18-/m1/s1. The highest BCUT2D eigenvalue weighted by molar-refractivity contribution is 6.02. The number of carbonyl (C=O) groups is 1. The van der Waals surface area contributed by atoms with Gasteiger partial charge < -0.3 is 10.2 Å². The van der Waals surface area contributed by atoms with E-state index in [0.717, 1.165) is 29.5 Å². The molecule has 4 rings (SSSR count). The Morgan fingerprint density at radius 3 is 2.86 bits per heavy atom. The average Bonchev–Trinajstić information content (AvgIpc) is 2.73. The van der Waals surface area contributed by atoms with Crippen LogP contribution in [0.4, 0.5) is 4.39 Å². The summed E-state index contributed by atoms with van der Waals surface area (Å²) in [7, 11) is 0. The first-order valence-corrected chi connectivity index (χ1v) is 7.57. The molecule has 0 radical (unpaired) electrons. The lowest BCUT2D eigenvalue weighted by Gasteiger charge is -2.45. The summed E-state index contributed by atoms with van der Waals surface area (Å²) in [6.45, 7) is 1.71. The van der Waals surface area contributed by atoms with Gasteiger partial charge in [-0.15, -0.1) is 0 Å². The van der Waals surface area contributed by atoms with Crippen LogP contribution in [-0.4, -0.2) is 22.1 Å². The van der Waals surface area contributed by atoms with Gasteiger partial charge in [-0.2, -0.15) is 0 Å². The van der Waals surface area contributed by atoms with Gasteiger partial charge >= 0.3 is 0 Å². The summed E-state index contributed by atoms with van der Waals surface area (Å²) in [4.78, 5) is 12.3. The zero-order valence-corrected chi connectivity index (χ0v) is 12.2. The van der Waals surface area contributed by atoms with Gasteiger partial charge in [0.1, 0.15) is 5.82 Å². The van der Waals surface area contributed by atoms with Gasteiger partial charge in [0.2, 0.25) is 5.78 Å². The number of carbonyl (C=O) groups excluding carboxylic acids is 1. The van der Waals surface area contributed by atoms with Gasteiger partial charge in [-0.3, -0.25) is 4.79 Å². The summed E-state index contributed by atoms with van der Waals surface area (Å²) in [5.41, 5.74) is 1.78. The second kappa shape index (κ2) is 4.29. The Morgan fingerprint density at radius 2 is 2.09 bits per heavy atom. The van der Waals surface area contributed by atoms with E-state index >= 15 is 0 Å². The van der Waals surface area contributed by atoms with E-state index in [1.54, 1.807) is 25.1 Å². The maximum Gasteiger partial charge on any atom is 0.206 e. The highest BCUT2D eigenvalue weighted by atomic mass is 19.1. The Bertz CT molecular complexity index is 749. The number of aliphatic hydroxyl groups excluding tert-OH is 2. The van der Waals surface area contributed by atoms with Gasteiger partial charge in [-0.05, 0) is 60.6 Å². The van der Waals surface area contributed by atoms with Gasteiger partial charge in [0.05, 0.1) is 11.5 Å². The van der Waals surface area contributed by atoms with Crippen LogP contribution in [0.1, 0.15) is 24.5 Å². The minimum absolute atomic E-state index is 0.0244. The Kier molecular flexibility index (Phi) is 2.67. The second-order valence-electron chi connectivity index (χ2n) is 6.70. The molecule has 0 saturated heterocycles. The molecule has 3 nitrogen and oxygen atoms in total. The molecule has 4 heteroatoms. The first-order valence-electron chi connectivity index (χ1n) is 7.57. The fourth-order valence-corrected chi connectivity index (χ4v) is 4.34. The van der Waals surface area contributed by atoms with E-state index in [9.17, 15) is 19.4 Å². The molecule has 2 N–H and O–H groups in total. The number of fused-ring (bicyclic) bond motifs is 5. The summed E-state index contributed by atoms with van der Waals surface area (Å²) in [5.74, 6) is -1.18. The largest absolute Gasteiger partial charge is 0.505 e. The number of allylic oxidation sites excluding steroid dienone is 3. The van der Waals surface area contributed by atoms with Crippen LogP contribution in [0, 0.1) is 23.1 Å². The van der Waals surface area contributed by atoms with Gasteiger partial charge in [-0.1, -0.05) is 12.1 Å². The number of ketones is 1. The Labute approximate surface area is 127 Å². The quantitative estimate of drug-likeness (QED) is 0.774. The van der Waals surface area contributed by atoms with Gasteiger partial charge in [0.25, 0.3) is 0 Å². The number of halogens is 1. The van der Waals surface area contributed by atoms with E-state index in [-0.39, 0.29) is 23.4 Å². The highest BCUT2D eigenvalue weighted by Crippen LogP contribution is 2.55. The molecule has 0 bridgehead atoms. The molecule has 0 spiro atoms. The Morgan fingerprint density at radius 1 is 1.32 bits per heavy atom. The molecule has 0 amide bonds. The molecular weight excluding hydrogens is 283 g/mol. The fraction of sp³-hybridized carbons (Fsp3) is 0.389. The highest BCUT2D eigenvalue weighted by Gasteiger charge is 2.57. The van der Waals surface area contributed by atoms with Crippen LogP contribution in [0.15, 0.2) is 36.1 Å². The maximum absolute atomic E-state index is 13.6. The van der Waals surface area contributed by atoms with Crippen molar-refractivity contribution in [3.8, 4) is 0 Å². The lowest BCUT2D eigenvalue weighted by molar-refractivity contribution is -0.133. The van der Waals surface area contributed by atoms with Crippen molar-refractivity contribution in [3.05, 3.63) is 53.1 Å². The number of aliphatic hydroxyl groups is 2. The van der Waals surface area contributed by atoms with Crippen molar-refractivity contribution in [2.75, 3.05) is 0 Å². The van der Waals surface area contributed by atoms with Crippen molar-refractivity contribution < 1.29 is 19.4 Å². The van der Waals surface area contributed by atoms with E-state index in [4.69, 9.17) is 0 Å². The van der Waals surface area contributed by atoms with Gasteiger partial charge in [-0.25, -0.2) is 4.39 Å². The lowest BCUT2D eigenvalue weighted by Crippen LogP contribution is -2.48. The summed E-state index contributed by atoms with van der Waals surface area (Å²) in [6.07, 6.45) is 3.92. The molecule has 3 aliphatic carbocycles. The van der Waals surface area contributed by atoms with Crippen molar-refractivity contribution >= 4 is 11.4 Å². The molecule has 0 fully saturated rings. The van der Waals surface area contributed by atoms with Gasteiger partial charge in [0.15, 0.2) is 5.76 Å². The number of hydrogen-bond donors (Lipinski definition) is 2. The van der Waals surface area contributed by atoms with Gasteiger partial charge in [0, 0.05) is 5.92 Å². The number of rotatable bonds is 0. The normalized spacial score (nSPS) is 36.1. The average molecular weight is 300 g/mol. The maximum atomic E-state index is 13.6. The molecule has 3 aliphatic rings. The van der Waals surface area contributed by atoms with E-state index in [0.29, 0.717) is 0 Å². The monoisotopic (exact) mass is 300 g/mol. The molecule has 0 heterocycles. The van der Waals surface area contributed by atoms with E-state index < -0.39 is 17.3 Å². The third-order valence-electron chi connectivity index (χ3n) is 5.64. The van der Waals surface area contributed by atoms with Crippen LogP contribution in [0.3, 0.4) is 0 Å². The Balaban J connectivity index is 1.90. The van der Waals surface area contributed by atoms with Crippen LogP contribution in [0.5, 0.6) is 0 Å². The smallest absolute Gasteiger partial charge is 0.206 e. The number of aryl methyl sites for hydroxylation is 1. The summed E-state index contributed by atoms with van der Waals surface area (Å²) >= 11 is 0. The molecule has 0 saturated carbocycles. The Hall–Kier alpha value is -1.94. The van der Waals surface area contributed by atoms with Crippen molar-refractivity contribution in [1.82, 2.24) is 0 Å². The van der Waals surface area contributed by atoms with Crippen LogP contribution >= 0.6 is 0 Å². The summed E-state index contributed by atoms with van der Waals surface area (Å²) < 4.78 is 13.6. The molecule has 1 aromatic rings. The predicted molar refractivity (Wildman–Crippen MR) is 79.5 cm³/mol. The third-order valence-corrected chi connectivity index (χ3v) is 5.64. The van der Waals surface area contributed by atoms with Crippen LogP contribution in [-0.2, 0) is 11.2 Å². The van der Waals surface area contributed by atoms with Crippen molar-refractivity contribution in [1.29, 1.82) is 0 Å². The number of benzene rings is 1. The summed E-state index contributed by atoms with van der Waals surface area (Å²) in [6, 6.07) is 4.74. The predicted octanol–water partition coefficient (Wildman–Crippen LogP) is 2.79. The SMILES string of the molecule is C[C@@]12C(=O)C(O)=C[C@@H]1[C@@H]1CCc3ccc(F)cc3C1=C[C@@H]2O. The lowest BCUT2D eigenvalue weighted by atomic mass is 9.58. The zero-order chi connectivity index (χ0) is 15.6. The molecule has 1 aromatic carbocycles. The molecule has 4 atom stereocenters. The molecule has 114 valence electrons. The third kappa shape index (κ3) is 1.56. The van der Waals surface area contributed by atoms with Crippen molar-refractivity contribution in [3.63, 3.8) is 0 Å². The van der Waals surface area contributed by atoms with Crippen LogP contribution in [0.25, 0.3) is 5.57 Å². The summed E-state index contributed by atoms with van der Waals surface area (Å²) in [5, 5.41) is 20.4. The molecule has 0 aliphatic heterocycles. The first-order chi connectivity index (χ1) is 10.4. The van der Waals surface area contributed by atoms with E-state index in [1.807, 2.05) is 0 Å². The van der Waals surface area contributed by atoms with Crippen LogP contribution < -0.4 is 0 Å². The second-order valence-corrected chi connectivity index (χ2v) is 6.70. The van der Waals surface area contributed by atoms with Crippen molar-refractivity contribution in [2.24, 2.45) is 17.3 Å². The molecule has 0 aromatic heterocycles. The minimum atomic E-state index is -1.01. The minimum Gasteiger partial charge on any atom is -0.505 e. The molecular formula is C18H17FO3. The van der Waals surface area contributed by atoms with E-state index in [1.165, 1.54) is 12.1 Å². The fourth-order valence-electron chi connectivity index (χ4n) is 4.34. The number of Topliss-reactive ketones (excluding diaryl/α,β-unsaturated/α-hetero) is 1. The number of hydrogen-bond acceptors (Lipinski definition) is 3. The molecule has 0 unspecified atom stereocenters. The van der Waals surface area contributed by atoms with Crippen molar-refractivity contribution in [2.45, 2.75) is 25.9 Å². The topological polar surface area (TPSA) is 57.5 Å². The first kappa shape index (κ1) is 13.7.